The average molecular weight is 348 g/mol. The van der Waals surface area contributed by atoms with E-state index in [1.165, 1.54) is 16.8 Å². The Morgan fingerprint density at radius 3 is 2.46 bits per heavy atom. The summed E-state index contributed by atoms with van der Waals surface area (Å²) in [5.74, 6) is 0. The van der Waals surface area contributed by atoms with Crippen molar-refractivity contribution in [3.63, 3.8) is 0 Å². The van der Waals surface area contributed by atoms with Crippen molar-refractivity contribution in [2.45, 2.75) is 32.1 Å². The highest BCUT2D eigenvalue weighted by molar-refractivity contribution is 5.57. The Balaban J connectivity index is 2.02. The van der Waals surface area contributed by atoms with Gasteiger partial charge in [-0.05, 0) is 41.2 Å². The van der Waals surface area contributed by atoms with Crippen LogP contribution in [0.15, 0.2) is 54.6 Å². The first-order chi connectivity index (χ1) is 12.5. The van der Waals surface area contributed by atoms with Crippen LogP contribution in [-0.4, -0.2) is 20.6 Å². The highest BCUT2D eigenvalue weighted by atomic mass is 15.1. The standard InChI is InChI=1S/C23H29N3/c1-23(2,21-10-5-6-11-22(21)25-3)16-7-9-19-12-14-20(15-13-19)26(4)18-8-17-24/h5-7,9-15,25H,8,16,18H2,1-4H3. The third-order valence-electron chi connectivity index (χ3n) is 4.76. The van der Waals surface area contributed by atoms with Crippen LogP contribution in [0.5, 0.6) is 0 Å². The number of hydrogen-bond donors (Lipinski definition) is 1. The molecule has 2 aromatic rings. The molecule has 0 aromatic heterocycles. The zero-order chi connectivity index (χ0) is 19.0. The Bertz CT molecular complexity index is 767. The summed E-state index contributed by atoms with van der Waals surface area (Å²) in [6, 6.07) is 19.2. The van der Waals surface area contributed by atoms with Gasteiger partial charge >= 0.3 is 0 Å². The molecule has 0 aliphatic carbocycles. The number of benzene rings is 2. The molecule has 0 spiro atoms. The molecular formula is C23H29N3. The molecule has 136 valence electrons. The molecule has 0 saturated carbocycles. The van der Waals surface area contributed by atoms with Crippen molar-refractivity contribution >= 4 is 17.5 Å². The number of allylic oxidation sites excluding steroid dienone is 1. The fourth-order valence-corrected chi connectivity index (χ4v) is 3.08. The molecule has 0 heterocycles. The molecule has 0 unspecified atom stereocenters. The Hall–Kier alpha value is -2.73. The van der Waals surface area contributed by atoms with E-state index in [2.05, 4.69) is 90.8 Å². The summed E-state index contributed by atoms with van der Waals surface area (Å²) in [5.41, 5.74) is 4.92. The van der Waals surface area contributed by atoms with Crippen LogP contribution in [0.2, 0.25) is 0 Å². The van der Waals surface area contributed by atoms with Crippen molar-refractivity contribution in [2.24, 2.45) is 0 Å². The molecular weight excluding hydrogens is 318 g/mol. The molecule has 3 heteroatoms. The molecule has 2 rings (SSSR count). The highest BCUT2D eigenvalue weighted by Crippen LogP contribution is 2.33. The minimum absolute atomic E-state index is 0.0631. The van der Waals surface area contributed by atoms with Gasteiger partial charge in [0.25, 0.3) is 0 Å². The van der Waals surface area contributed by atoms with E-state index in [-0.39, 0.29) is 5.41 Å². The molecule has 3 nitrogen and oxygen atoms in total. The van der Waals surface area contributed by atoms with E-state index in [4.69, 9.17) is 5.26 Å². The fraction of sp³-hybridized carbons (Fsp3) is 0.348. The van der Waals surface area contributed by atoms with Gasteiger partial charge in [-0.3, -0.25) is 0 Å². The lowest BCUT2D eigenvalue weighted by Gasteiger charge is -2.26. The van der Waals surface area contributed by atoms with Gasteiger partial charge in [-0.25, -0.2) is 0 Å². The third-order valence-corrected chi connectivity index (χ3v) is 4.76. The topological polar surface area (TPSA) is 39.1 Å². The van der Waals surface area contributed by atoms with Crippen LogP contribution in [0, 0.1) is 11.3 Å². The molecule has 0 aliphatic rings. The monoisotopic (exact) mass is 347 g/mol. The maximum absolute atomic E-state index is 8.69. The molecule has 0 fully saturated rings. The summed E-state index contributed by atoms with van der Waals surface area (Å²) in [6.07, 6.45) is 5.94. The summed E-state index contributed by atoms with van der Waals surface area (Å²) in [4.78, 5) is 2.11. The number of nitrogens with zero attached hydrogens (tertiary/aromatic N) is 2. The number of anilines is 2. The predicted molar refractivity (Wildman–Crippen MR) is 113 cm³/mol. The Morgan fingerprint density at radius 1 is 1.12 bits per heavy atom. The van der Waals surface area contributed by atoms with Crippen LogP contribution in [0.4, 0.5) is 11.4 Å². The van der Waals surface area contributed by atoms with Crippen molar-refractivity contribution in [3.05, 3.63) is 65.7 Å². The van der Waals surface area contributed by atoms with Crippen LogP contribution >= 0.6 is 0 Å². The number of rotatable bonds is 8. The van der Waals surface area contributed by atoms with Gasteiger partial charge < -0.3 is 10.2 Å². The quantitative estimate of drug-likeness (QED) is 0.689. The van der Waals surface area contributed by atoms with Crippen LogP contribution in [0.3, 0.4) is 0 Å². The van der Waals surface area contributed by atoms with Gasteiger partial charge in [0.1, 0.15) is 0 Å². The van der Waals surface area contributed by atoms with Crippen molar-refractivity contribution in [2.75, 3.05) is 30.9 Å². The van der Waals surface area contributed by atoms with Gasteiger partial charge in [-0.2, -0.15) is 5.26 Å². The van der Waals surface area contributed by atoms with E-state index in [1.54, 1.807) is 0 Å². The van der Waals surface area contributed by atoms with Crippen molar-refractivity contribution in [1.29, 1.82) is 5.26 Å². The normalized spacial score (nSPS) is 11.3. The summed E-state index contributed by atoms with van der Waals surface area (Å²) in [7, 11) is 3.99. The van der Waals surface area contributed by atoms with E-state index < -0.39 is 0 Å². The van der Waals surface area contributed by atoms with Crippen molar-refractivity contribution in [3.8, 4) is 6.07 Å². The fourth-order valence-electron chi connectivity index (χ4n) is 3.08. The molecule has 1 N–H and O–H groups in total. The lowest BCUT2D eigenvalue weighted by Crippen LogP contribution is -2.18. The second kappa shape index (κ2) is 9.10. The molecule has 26 heavy (non-hydrogen) atoms. The van der Waals surface area contributed by atoms with Crippen molar-refractivity contribution in [1.82, 2.24) is 0 Å². The lowest BCUT2D eigenvalue weighted by atomic mass is 9.80. The summed E-state index contributed by atoms with van der Waals surface area (Å²) >= 11 is 0. The van der Waals surface area contributed by atoms with Crippen LogP contribution in [-0.2, 0) is 5.41 Å². The Labute approximate surface area is 158 Å². The zero-order valence-electron chi connectivity index (χ0n) is 16.3. The highest BCUT2D eigenvalue weighted by Gasteiger charge is 2.21. The second-order valence-electron chi connectivity index (χ2n) is 7.21. The zero-order valence-corrected chi connectivity index (χ0v) is 16.3. The third kappa shape index (κ3) is 5.13. The Kier molecular flexibility index (Phi) is 6.86. The van der Waals surface area contributed by atoms with Gasteiger partial charge in [0.05, 0.1) is 12.5 Å². The first kappa shape index (κ1) is 19.6. The minimum Gasteiger partial charge on any atom is -0.388 e. The molecule has 0 aliphatic heterocycles. The number of nitriles is 1. The largest absolute Gasteiger partial charge is 0.388 e. The molecule has 0 atom stereocenters. The maximum Gasteiger partial charge on any atom is 0.0640 e. The average Bonchev–Trinajstić information content (AvgIpc) is 2.66. The van der Waals surface area contributed by atoms with E-state index in [9.17, 15) is 0 Å². The van der Waals surface area contributed by atoms with Crippen molar-refractivity contribution < 1.29 is 0 Å². The van der Waals surface area contributed by atoms with Crippen LogP contribution in [0.1, 0.15) is 37.8 Å². The smallest absolute Gasteiger partial charge is 0.0640 e. The number of hydrogen-bond acceptors (Lipinski definition) is 3. The SMILES string of the molecule is CNc1ccccc1C(C)(C)CC=Cc1ccc(N(C)CCC#N)cc1. The first-order valence-electron chi connectivity index (χ1n) is 9.10. The van der Waals surface area contributed by atoms with Gasteiger partial charge in [-0.1, -0.05) is 56.3 Å². The molecule has 0 radical (unpaired) electrons. The van der Waals surface area contributed by atoms with Gasteiger partial charge in [0, 0.05) is 32.0 Å². The molecule has 2 aromatic carbocycles. The number of nitrogens with one attached hydrogen (secondary N) is 1. The minimum atomic E-state index is 0.0631. The Morgan fingerprint density at radius 2 is 1.81 bits per heavy atom. The molecule has 0 bridgehead atoms. The van der Waals surface area contributed by atoms with E-state index in [1.807, 2.05) is 14.1 Å². The van der Waals surface area contributed by atoms with Crippen LogP contribution < -0.4 is 10.2 Å². The van der Waals surface area contributed by atoms with Gasteiger partial charge in [-0.15, -0.1) is 0 Å². The van der Waals surface area contributed by atoms with Gasteiger partial charge in [0.2, 0.25) is 0 Å². The van der Waals surface area contributed by atoms with E-state index in [0.717, 1.165) is 18.7 Å². The first-order valence-corrected chi connectivity index (χ1v) is 9.10. The second-order valence-corrected chi connectivity index (χ2v) is 7.21. The van der Waals surface area contributed by atoms with Gasteiger partial charge in [0.15, 0.2) is 0 Å². The maximum atomic E-state index is 8.69. The summed E-state index contributed by atoms with van der Waals surface area (Å²) < 4.78 is 0. The molecule has 0 amide bonds. The molecule has 0 saturated heterocycles. The number of para-hydroxylation sites is 1. The lowest BCUT2D eigenvalue weighted by molar-refractivity contribution is 0.536. The summed E-state index contributed by atoms with van der Waals surface area (Å²) in [6.45, 7) is 5.31. The van der Waals surface area contributed by atoms with Crippen LogP contribution in [0.25, 0.3) is 6.08 Å². The summed E-state index contributed by atoms with van der Waals surface area (Å²) in [5, 5.41) is 12.0. The van der Waals surface area contributed by atoms with E-state index in [0.29, 0.717) is 6.42 Å². The predicted octanol–water partition coefficient (Wildman–Crippen LogP) is 5.46. The van der Waals surface area contributed by atoms with E-state index >= 15 is 0 Å².